The Labute approximate surface area is 137 Å². The quantitative estimate of drug-likeness (QED) is 0.576. The van der Waals surface area contributed by atoms with Crippen LogP contribution in [0.25, 0.3) is 0 Å². The number of hydrogen-bond donors (Lipinski definition) is 2. The maximum Gasteiger partial charge on any atom is 0.291 e. The van der Waals surface area contributed by atoms with Gasteiger partial charge in [0, 0.05) is 17.8 Å². The fraction of sp³-hybridized carbons (Fsp3) is 0.538. The van der Waals surface area contributed by atoms with Crippen LogP contribution in [0.5, 0.6) is 0 Å². The Kier molecular flexibility index (Phi) is 5.67. The van der Waals surface area contributed by atoms with Gasteiger partial charge in [-0.15, -0.1) is 0 Å². The number of anilines is 1. The second-order valence-electron chi connectivity index (χ2n) is 5.48. The fourth-order valence-electron chi connectivity index (χ4n) is 2.80. The van der Waals surface area contributed by atoms with Gasteiger partial charge in [-0.3, -0.25) is 10.1 Å². The molecule has 1 aliphatic heterocycles. The molecule has 8 nitrogen and oxygen atoms in total. The highest BCUT2D eigenvalue weighted by Crippen LogP contribution is 2.31. The van der Waals surface area contributed by atoms with Crippen molar-refractivity contribution in [2.24, 2.45) is 5.14 Å². The van der Waals surface area contributed by atoms with Gasteiger partial charge in [-0.05, 0) is 38.1 Å². The molecule has 134 valence electrons. The Hall–Kier alpha value is -1.85. The molecule has 1 saturated heterocycles. The first kappa shape index (κ1) is 18.5. The Bertz CT molecular complexity index is 708. The molecule has 1 aliphatic rings. The number of sulfonamides is 1. The lowest BCUT2D eigenvalue weighted by atomic mass is 10.0. The molecule has 0 saturated carbocycles. The van der Waals surface area contributed by atoms with Crippen LogP contribution in [0.3, 0.4) is 0 Å². The van der Waals surface area contributed by atoms with Crippen molar-refractivity contribution < 1.29 is 22.1 Å². The number of nitro groups is 1. The highest BCUT2D eigenvalue weighted by atomic mass is 32.2. The van der Waals surface area contributed by atoms with Crippen LogP contribution < -0.4 is 15.4 Å². The molecule has 1 aromatic rings. The van der Waals surface area contributed by atoms with E-state index in [1.165, 1.54) is 11.0 Å². The van der Waals surface area contributed by atoms with E-state index in [2.05, 4.69) is 5.32 Å². The summed E-state index contributed by atoms with van der Waals surface area (Å²) in [5.74, 6) is 0. The Morgan fingerprint density at radius 3 is 2.50 bits per heavy atom. The number of alkyl halides is 2. The second-order valence-corrected chi connectivity index (χ2v) is 7.01. The molecule has 1 fully saturated rings. The largest absolute Gasteiger partial charge is 0.363 e. The van der Waals surface area contributed by atoms with Crippen molar-refractivity contribution in [1.29, 1.82) is 0 Å². The Morgan fingerprint density at radius 2 is 2.00 bits per heavy atom. The van der Waals surface area contributed by atoms with Crippen LogP contribution >= 0.6 is 0 Å². The summed E-state index contributed by atoms with van der Waals surface area (Å²) in [5.41, 5.74) is -0.537. The van der Waals surface area contributed by atoms with Gasteiger partial charge in [0.05, 0.1) is 11.5 Å². The molecule has 1 heterocycles. The number of nitrogens with two attached hydrogens (primary N) is 1. The highest BCUT2D eigenvalue weighted by Gasteiger charge is 2.28. The van der Waals surface area contributed by atoms with Crippen molar-refractivity contribution in [3.63, 3.8) is 0 Å². The first-order chi connectivity index (χ1) is 11.2. The second kappa shape index (κ2) is 7.36. The highest BCUT2D eigenvalue weighted by molar-refractivity contribution is 7.89. The number of nitro benzene ring substituents is 1. The zero-order valence-electron chi connectivity index (χ0n) is 12.7. The predicted octanol–water partition coefficient (Wildman–Crippen LogP) is 1.07. The third-order valence-electron chi connectivity index (χ3n) is 3.86. The monoisotopic (exact) mass is 364 g/mol. The number of nitrogens with zero attached hydrogens (tertiary/aromatic N) is 2. The van der Waals surface area contributed by atoms with E-state index in [0.717, 1.165) is 12.1 Å². The van der Waals surface area contributed by atoms with Gasteiger partial charge in [-0.1, -0.05) is 0 Å². The van der Waals surface area contributed by atoms with Crippen LogP contribution in [-0.4, -0.2) is 45.4 Å². The molecule has 0 aliphatic carbocycles. The third kappa shape index (κ3) is 4.36. The molecule has 0 unspecified atom stereocenters. The summed E-state index contributed by atoms with van der Waals surface area (Å²) in [4.78, 5) is 11.0. The molecule has 11 heteroatoms. The van der Waals surface area contributed by atoms with E-state index < -0.39 is 38.5 Å². The van der Waals surface area contributed by atoms with Crippen LogP contribution in [0.1, 0.15) is 12.8 Å². The number of rotatable bonds is 6. The lowest BCUT2D eigenvalue weighted by molar-refractivity contribution is -0.387. The van der Waals surface area contributed by atoms with Crippen molar-refractivity contribution in [1.82, 2.24) is 5.32 Å². The first-order valence-electron chi connectivity index (χ1n) is 7.27. The van der Waals surface area contributed by atoms with Gasteiger partial charge in [0.15, 0.2) is 4.90 Å². The zero-order chi connectivity index (χ0) is 17.9. The average molecular weight is 364 g/mol. The van der Waals surface area contributed by atoms with Gasteiger partial charge in [0.25, 0.3) is 12.1 Å². The topological polar surface area (TPSA) is 119 Å². The molecule has 3 N–H and O–H groups in total. The molecular weight excluding hydrogens is 346 g/mol. The number of primary sulfonamides is 1. The molecule has 24 heavy (non-hydrogen) atoms. The molecule has 0 aromatic heterocycles. The summed E-state index contributed by atoms with van der Waals surface area (Å²) in [6.45, 7) is 0.722. The Balaban J connectivity index is 2.45. The van der Waals surface area contributed by atoms with Crippen molar-refractivity contribution in [3.05, 3.63) is 28.3 Å². The Morgan fingerprint density at radius 1 is 1.38 bits per heavy atom. The minimum Gasteiger partial charge on any atom is -0.363 e. The van der Waals surface area contributed by atoms with Crippen molar-refractivity contribution >= 4 is 21.4 Å². The van der Waals surface area contributed by atoms with Gasteiger partial charge in [0.2, 0.25) is 10.0 Å². The van der Waals surface area contributed by atoms with Gasteiger partial charge < -0.3 is 10.2 Å². The summed E-state index contributed by atoms with van der Waals surface area (Å²) in [6, 6.07) is 3.05. The van der Waals surface area contributed by atoms with E-state index in [1.807, 2.05) is 0 Å². The number of nitrogens with one attached hydrogen (secondary N) is 1. The van der Waals surface area contributed by atoms with E-state index >= 15 is 0 Å². The summed E-state index contributed by atoms with van der Waals surface area (Å²) in [6.07, 6.45) is -1.41. The van der Waals surface area contributed by atoms with Gasteiger partial charge >= 0.3 is 0 Å². The number of piperidine rings is 1. The van der Waals surface area contributed by atoms with Crippen molar-refractivity contribution in [2.75, 3.05) is 24.5 Å². The van der Waals surface area contributed by atoms with Crippen molar-refractivity contribution in [3.8, 4) is 0 Å². The molecule has 0 atom stereocenters. The van der Waals surface area contributed by atoms with Crippen LogP contribution in [0.2, 0.25) is 0 Å². The molecule has 0 spiro atoms. The SMILES string of the molecule is NS(=O)(=O)c1ccc(N(CC(F)F)C2CCNCC2)cc1[N+](=O)[O-]. The lowest BCUT2D eigenvalue weighted by Gasteiger charge is -2.36. The van der Waals surface area contributed by atoms with E-state index in [-0.39, 0.29) is 11.7 Å². The molecule has 0 radical (unpaired) electrons. The van der Waals surface area contributed by atoms with Crippen molar-refractivity contribution in [2.45, 2.75) is 30.2 Å². The van der Waals surface area contributed by atoms with Crippen LogP contribution in [-0.2, 0) is 10.0 Å². The molecule has 1 aromatic carbocycles. The minimum absolute atomic E-state index is 0.182. The van der Waals surface area contributed by atoms with Crippen LogP contribution in [0, 0.1) is 10.1 Å². The summed E-state index contributed by atoms with van der Waals surface area (Å²) < 4.78 is 48.8. The molecule has 0 bridgehead atoms. The maximum absolute atomic E-state index is 12.9. The predicted molar refractivity (Wildman–Crippen MR) is 83.7 cm³/mol. The zero-order valence-corrected chi connectivity index (χ0v) is 13.5. The molecule has 0 amide bonds. The fourth-order valence-corrected chi connectivity index (χ4v) is 3.48. The number of benzene rings is 1. The van der Waals surface area contributed by atoms with E-state index in [1.54, 1.807) is 0 Å². The first-order valence-corrected chi connectivity index (χ1v) is 8.81. The standard InChI is InChI=1S/C13H18F2N4O4S/c14-13(15)8-18(9-3-5-17-6-4-9)10-1-2-12(24(16,22)23)11(7-10)19(20)21/h1-2,7,9,13,17H,3-6,8H2,(H2,16,22,23). The average Bonchev–Trinajstić information content (AvgIpc) is 2.52. The summed E-state index contributed by atoms with van der Waals surface area (Å²) >= 11 is 0. The smallest absolute Gasteiger partial charge is 0.291 e. The normalized spacial score (nSPS) is 16.3. The number of hydrogen-bond acceptors (Lipinski definition) is 6. The van der Waals surface area contributed by atoms with Gasteiger partial charge in [-0.25, -0.2) is 22.3 Å². The molecular formula is C13H18F2N4O4S. The van der Waals surface area contributed by atoms with Crippen LogP contribution in [0.4, 0.5) is 20.2 Å². The van der Waals surface area contributed by atoms with E-state index in [9.17, 15) is 27.3 Å². The minimum atomic E-state index is -4.29. The van der Waals surface area contributed by atoms with Gasteiger partial charge in [-0.2, -0.15) is 0 Å². The summed E-state index contributed by atoms with van der Waals surface area (Å²) in [7, 11) is -4.29. The maximum atomic E-state index is 12.9. The van der Waals surface area contributed by atoms with E-state index in [4.69, 9.17) is 5.14 Å². The summed E-state index contributed by atoms with van der Waals surface area (Å²) in [5, 5.41) is 19.2. The lowest BCUT2D eigenvalue weighted by Crippen LogP contribution is -2.45. The molecule has 2 rings (SSSR count). The third-order valence-corrected chi connectivity index (χ3v) is 4.82. The van der Waals surface area contributed by atoms with Gasteiger partial charge in [0.1, 0.15) is 0 Å². The van der Waals surface area contributed by atoms with Crippen LogP contribution in [0.15, 0.2) is 23.1 Å². The van der Waals surface area contributed by atoms with E-state index in [0.29, 0.717) is 25.9 Å². The number of halogens is 2.